The normalized spacial score (nSPS) is 16.8. The van der Waals surface area contributed by atoms with E-state index in [0.29, 0.717) is 23.3 Å². The van der Waals surface area contributed by atoms with E-state index in [1.807, 2.05) is 17.0 Å². The molecular formula is C18H18N6O2. The summed E-state index contributed by atoms with van der Waals surface area (Å²) in [6.07, 6.45) is 10.6. The fourth-order valence-corrected chi connectivity index (χ4v) is 3.12. The number of pyridine rings is 1. The van der Waals surface area contributed by atoms with Gasteiger partial charge in [-0.15, -0.1) is 0 Å². The molecular weight excluding hydrogens is 332 g/mol. The van der Waals surface area contributed by atoms with Crippen molar-refractivity contribution in [3.05, 3.63) is 54.6 Å². The lowest BCUT2D eigenvalue weighted by molar-refractivity contribution is 0.0780. The Morgan fingerprint density at radius 3 is 2.96 bits per heavy atom. The number of carbonyl (C=O) groups is 1. The van der Waals surface area contributed by atoms with Gasteiger partial charge in [-0.2, -0.15) is 4.98 Å². The van der Waals surface area contributed by atoms with Crippen molar-refractivity contribution < 1.29 is 9.32 Å². The summed E-state index contributed by atoms with van der Waals surface area (Å²) >= 11 is 0. The Bertz CT molecular complexity index is 868. The summed E-state index contributed by atoms with van der Waals surface area (Å²) in [4.78, 5) is 30.8. The van der Waals surface area contributed by atoms with Gasteiger partial charge in [-0.1, -0.05) is 5.16 Å². The smallest absolute Gasteiger partial charge is 0.274 e. The van der Waals surface area contributed by atoms with Crippen LogP contribution in [0, 0.1) is 5.92 Å². The van der Waals surface area contributed by atoms with Gasteiger partial charge in [0, 0.05) is 44.3 Å². The highest BCUT2D eigenvalue weighted by Gasteiger charge is 2.27. The molecule has 0 spiro atoms. The highest BCUT2D eigenvalue weighted by molar-refractivity contribution is 5.92. The molecule has 3 aromatic heterocycles. The molecule has 1 atom stereocenters. The molecule has 0 saturated carbocycles. The first-order valence-corrected chi connectivity index (χ1v) is 8.58. The summed E-state index contributed by atoms with van der Waals surface area (Å²) in [5, 5.41) is 4.04. The van der Waals surface area contributed by atoms with E-state index >= 15 is 0 Å². The van der Waals surface area contributed by atoms with Gasteiger partial charge in [-0.3, -0.25) is 14.8 Å². The maximum atomic E-state index is 12.4. The van der Waals surface area contributed by atoms with Gasteiger partial charge in [0.05, 0.1) is 11.8 Å². The summed E-state index contributed by atoms with van der Waals surface area (Å²) in [6.45, 7) is 1.47. The van der Waals surface area contributed by atoms with Gasteiger partial charge in [-0.25, -0.2) is 4.98 Å². The molecule has 3 aromatic rings. The zero-order chi connectivity index (χ0) is 17.8. The first-order valence-electron chi connectivity index (χ1n) is 8.58. The van der Waals surface area contributed by atoms with Crippen LogP contribution in [0.15, 0.2) is 47.6 Å². The molecule has 0 aromatic carbocycles. The van der Waals surface area contributed by atoms with Crippen LogP contribution < -0.4 is 0 Å². The number of rotatable bonds is 5. The highest BCUT2D eigenvalue weighted by atomic mass is 16.5. The summed E-state index contributed by atoms with van der Waals surface area (Å²) in [6, 6.07) is 3.72. The van der Waals surface area contributed by atoms with Crippen LogP contribution in [-0.2, 0) is 6.42 Å². The largest absolute Gasteiger partial charge is 0.337 e. The fourth-order valence-electron chi connectivity index (χ4n) is 3.12. The Labute approximate surface area is 150 Å². The monoisotopic (exact) mass is 350 g/mol. The molecule has 132 valence electrons. The lowest BCUT2D eigenvalue weighted by Crippen LogP contribution is -2.29. The predicted octanol–water partition coefficient (Wildman–Crippen LogP) is 2.02. The molecule has 0 bridgehead atoms. The van der Waals surface area contributed by atoms with Crippen LogP contribution in [0.1, 0.15) is 29.2 Å². The quantitative estimate of drug-likeness (QED) is 0.694. The van der Waals surface area contributed by atoms with Crippen molar-refractivity contribution >= 4 is 5.91 Å². The first kappa shape index (κ1) is 16.3. The second kappa shape index (κ2) is 7.38. The number of aryl methyl sites for hydroxylation is 1. The molecule has 4 heterocycles. The number of amides is 1. The van der Waals surface area contributed by atoms with Crippen molar-refractivity contribution in [3.8, 4) is 11.5 Å². The standard InChI is InChI=1S/C18H18N6O2/c25-18(15-11-20-7-8-21-15)24-9-5-13(12-24)3-4-16-22-17(26-23-16)14-2-1-6-19-10-14/h1-2,6-8,10-11,13H,3-5,9,12H2. The van der Waals surface area contributed by atoms with Crippen molar-refractivity contribution in [1.29, 1.82) is 0 Å². The predicted molar refractivity (Wildman–Crippen MR) is 91.9 cm³/mol. The number of likely N-dealkylation sites (tertiary alicyclic amines) is 1. The van der Waals surface area contributed by atoms with Crippen LogP contribution in [0.25, 0.3) is 11.5 Å². The third-order valence-electron chi connectivity index (χ3n) is 4.51. The van der Waals surface area contributed by atoms with Crippen LogP contribution in [0.2, 0.25) is 0 Å². The molecule has 8 nitrogen and oxygen atoms in total. The molecule has 1 saturated heterocycles. The molecule has 1 fully saturated rings. The van der Waals surface area contributed by atoms with E-state index in [1.54, 1.807) is 18.6 Å². The zero-order valence-corrected chi connectivity index (χ0v) is 14.2. The highest BCUT2D eigenvalue weighted by Crippen LogP contribution is 2.23. The topological polar surface area (TPSA) is 97.9 Å². The average Bonchev–Trinajstić information content (AvgIpc) is 3.37. The third kappa shape index (κ3) is 3.58. The summed E-state index contributed by atoms with van der Waals surface area (Å²) in [5.41, 5.74) is 1.21. The molecule has 26 heavy (non-hydrogen) atoms. The van der Waals surface area contributed by atoms with E-state index < -0.39 is 0 Å². The number of hydrogen-bond donors (Lipinski definition) is 0. The molecule has 0 N–H and O–H groups in total. The number of nitrogens with zero attached hydrogens (tertiary/aromatic N) is 6. The Morgan fingerprint density at radius 1 is 1.23 bits per heavy atom. The van der Waals surface area contributed by atoms with Gasteiger partial charge in [0.25, 0.3) is 11.8 Å². The number of hydrogen-bond acceptors (Lipinski definition) is 7. The molecule has 8 heteroatoms. The van der Waals surface area contributed by atoms with E-state index in [9.17, 15) is 4.79 Å². The van der Waals surface area contributed by atoms with Gasteiger partial charge < -0.3 is 9.42 Å². The minimum atomic E-state index is -0.0565. The van der Waals surface area contributed by atoms with Crippen molar-refractivity contribution in [2.45, 2.75) is 19.3 Å². The van der Waals surface area contributed by atoms with Crippen LogP contribution >= 0.6 is 0 Å². The van der Waals surface area contributed by atoms with Gasteiger partial charge >= 0.3 is 0 Å². The summed E-state index contributed by atoms with van der Waals surface area (Å²) in [5.74, 6) is 1.54. The zero-order valence-electron chi connectivity index (χ0n) is 14.2. The van der Waals surface area contributed by atoms with E-state index in [0.717, 1.165) is 37.9 Å². The van der Waals surface area contributed by atoms with E-state index in [2.05, 4.69) is 25.1 Å². The number of aromatic nitrogens is 5. The maximum absolute atomic E-state index is 12.4. The molecule has 4 rings (SSSR count). The van der Waals surface area contributed by atoms with Crippen LogP contribution in [-0.4, -0.2) is 49.0 Å². The fraction of sp³-hybridized carbons (Fsp3) is 0.333. The van der Waals surface area contributed by atoms with Crippen LogP contribution in [0.4, 0.5) is 0 Å². The molecule has 1 aliphatic heterocycles. The second-order valence-corrected chi connectivity index (χ2v) is 6.29. The lowest BCUT2D eigenvalue weighted by Gasteiger charge is -2.15. The summed E-state index contributed by atoms with van der Waals surface area (Å²) in [7, 11) is 0. The van der Waals surface area contributed by atoms with Gasteiger partial charge in [0.1, 0.15) is 5.69 Å². The molecule has 0 radical (unpaired) electrons. The molecule has 0 aliphatic carbocycles. The van der Waals surface area contributed by atoms with Crippen molar-refractivity contribution in [2.24, 2.45) is 5.92 Å². The average molecular weight is 350 g/mol. The Kier molecular flexibility index (Phi) is 4.63. The Morgan fingerprint density at radius 2 is 2.15 bits per heavy atom. The SMILES string of the molecule is O=C(c1cnccn1)N1CCC(CCc2noc(-c3cccnc3)n2)C1. The molecule has 1 aliphatic rings. The molecule has 1 unspecified atom stereocenters. The van der Waals surface area contributed by atoms with Crippen LogP contribution in [0.5, 0.6) is 0 Å². The van der Waals surface area contributed by atoms with E-state index in [4.69, 9.17) is 4.52 Å². The van der Waals surface area contributed by atoms with E-state index in [-0.39, 0.29) is 5.91 Å². The van der Waals surface area contributed by atoms with Gasteiger partial charge in [-0.05, 0) is 30.9 Å². The second-order valence-electron chi connectivity index (χ2n) is 6.29. The minimum absolute atomic E-state index is 0.0565. The van der Waals surface area contributed by atoms with Crippen molar-refractivity contribution in [1.82, 2.24) is 30.0 Å². The molecule has 1 amide bonds. The minimum Gasteiger partial charge on any atom is -0.337 e. The van der Waals surface area contributed by atoms with Crippen molar-refractivity contribution in [2.75, 3.05) is 13.1 Å². The first-order chi connectivity index (χ1) is 12.8. The Hall–Kier alpha value is -3.16. The van der Waals surface area contributed by atoms with Gasteiger partial charge in [0.15, 0.2) is 5.82 Å². The van der Waals surface area contributed by atoms with Crippen LogP contribution in [0.3, 0.4) is 0 Å². The number of carbonyl (C=O) groups excluding carboxylic acids is 1. The summed E-state index contributed by atoms with van der Waals surface area (Å²) < 4.78 is 5.30. The van der Waals surface area contributed by atoms with Crippen molar-refractivity contribution in [3.63, 3.8) is 0 Å². The third-order valence-corrected chi connectivity index (χ3v) is 4.51. The van der Waals surface area contributed by atoms with E-state index in [1.165, 1.54) is 12.4 Å². The van der Waals surface area contributed by atoms with Gasteiger partial charge in [0.2, 0.25) is 0 Å². The Balaban J connectivity index is 1.31. The lowest BCUT2D eigenvalue weighted by atomic mass is 10.0. The maximum Gasteiger partial charge on any atom is 0.274 e.